The number of carbonyl (C=O) groups excluding carboxylic acids is 1. The lowest BCUT2D eigenvalue weighted by molar-refractivity contribution is 0.0988. The van der Waals surface area contributed by atoms with Crippen molar-refractivity contribution in [3.8, 4) is 0 Å². The van der Waals surface area contributed by atoms with E-state index < -0.39 is 0 Å². The molecule has 4 nitrogen and oxygen atoms in total. The molecule has 1 aromatic heterocycles. The number of nitrogens with two attached hydrogens (primary N) is 1. The highest BCUT2D eigenvalue weighted by Gasteiger charge is 2.14. The van der Waals surface area contributed by atoms with Gasteiger partial charge in [0.1, 0.15) is 16.1 Å². The van der Waals surface area contributed by atoms with Gasteiger partial charge >= 0.3 is 0 Å². The molecule has 0 bridgehead atoms. The largest absolute Gasteiger partial charge is 0.382 e. The van der Waals surface area contributed by atoms with Gasteiger partial charge in [-0.05, 0) is 33.6 Å². The summed E-state index contributed by atoms with van der Waals surface area (Å²) in [7, 11) is 0. The number of benzene rings is 1. The number of aromatic nitrogens is 2. The van der Waals surface area contributed by atoms with Gasteiger partial charge in [0.2, 0.25) is 0 Å². The molecule has 0 aliphatic rings. The number of ketones is 1. The summed E-state index contributed by atoms with van der Waals surface area (Å²) in [5.74, 6) is -0.611. The molecular weight excluding hydrogens is 301 g/mol. The molecule has 2 rings (SSSR count). The molecule has 0 aliphatic heterocycles. The Bertz CT molecular complexity index is 604. The quantitative estimate of drug-likeness (QED) is 0.884. The molecule has 0 saturated carbocycles. The Labute approximate surface area is 111 Å². The van der Waals surface area contributed by atoms with Gasteiger partial charge in [-0.25, -0.2) is 14.4 Å². The fourth-order valence-electron chi connectivity index (χ4n) is 1.50. The van der Waals surface area contributed by atoms with Gasteiger partial charge in [-0.2, -0.15) is 0 Å². The molecule has 0 fully saturated rings. The molecular formula is C12H9BrFN3O. The summed E-state index contributed by atoms with van der Waals surface area (Å²) < 4.78 is 13.4. The van der Waals surface area contributed by atoms with Crippen LogP contribution in [0.4, 0.5) is 10.2 Å². The van der Waals surface area contributed by atoms with E-state index in [2.05, 4.69) is 25.9 Å². The highest BCUT2D eigenvalue weighted by atomic mass is 79.9. The summed E-state index contributed by atoms with van der Waals surface area (Å²) in [5.41, 5.74) is 6.25. The monoisotopic (exact) mass is 309 g/mol. The van der Waals surface area contributed by atoms with Crippen LogP contribution in [0.25, 0.3) is 0 Å². The normalized spacial score (nSPS) is 10.3. The van der Waals surface area contributed by atoms with E-state index in [1.54, 1.807) is 12.1 Å². The minimum atomic E-state index is -0.381. The van der Waals surface area contributed by atoms with Crippen molar-refractivity contribution < 1.29 is 9.18 Å². The van der Waals surface area contributed by atoms with Crippen molar-refractivity contribution in [3.63, 3.8) is 0 Å². The first-order chi connectivity index (χ1) is 8.56. The number of anilines is 1. The van der Waals surface area contributed by atoms with Gasteiger partial charge in [0, 0.05) is 6.42 Å². The minimum Gasteiger partial charge on any atom is -0.382 e. The first-order valence-corrected chi connectivity index (χ1v) is 5.91. The second-order valence-electron chi connectivity index (χ2n) is 3.66. The molecule has 2 N–H and O–H groups in total. The average Bonchev–Trinajstić information content (AvgIpc) is 2.32. The minimum absolute atomic E-state index is 0.0348. The van der Waals surface area contributed by atoms with E-state index in [1.165, 1.54) is 18.3 Å². The Hall–Kier alpha value is -1.82. The van der Waals surface area contributed by atoms with Gasteiger partial charge in [-0.3, -0.25) is 4.79 Å². The van der Waals surface area contributed by atoms with Crippen LogP contribution >= 0.6 is 15.9 Å². The third-order valence-corrected chi connectivity index (χ3v) is 2.67. The first kappa shape index (κ1) is 12.6. The number of nitrogens with zero attached hydrogens (tertiary/aromatic N) is 2. The Kier molecular flexibility index (Phi) is 3.66. The fourth-order valence-corrected chi connectivity index (χ4v) is 1.78. The van der Waals surface area contributed by atoms with Crippen molar-refractivity contribution in [2.75, 3.05) is 5.73 Å². The van der Waals surface area contributed by atoms with Crippen molar-refractivity contribution in [1.82, 2.24) is 9.97 Å². The van der Waals surface area contributed by atoms with Gasteiger partial charge in [0.15, 0.2) is 11.6 Å². The highest BCUT2D eigenvalue weighted by molar-refractivity contribution is 9.10. The predicted molar refractivity (Wildman–Crippen MR) is 68.6 cm³/mol. The maximum atomic E-state index is 13.0. The highest BCUT2D eigenvalue weighted by Crippen LogP contribution is 2.14. The van der Waals surface area contributed by atoms with Crippen LogP contribution in [0, 0.1) is 5.82 Å². The standard InChI is InChI=1S/C12H9BrFN3O/c13-10-6-16-12(15)11(17-10)9(18)5-7-2-1-3-8(14)4-7/h1-4,6H,5H2,(H2,15,16). The van der Waals surface area contributed by atoms with E-state index in [0.717, 1.165) is 0 Å². The lowest BCUT2D eigenvalue weighted by Gasteiger charge is -2.04. The Morgan fingerprint density at radius 1 is 1.44 bits per heavy atom. The molecule has 0 saturated heterocycles. The molecule has 18 heavy (non-hydrogen) atoms. The van der Waals surface area contributed by atoms with Crippen LogP contribution < -0.4 is 5.73 Å². The number of rotatable bonds is 3. The van der Waals surface area contributed by atoms with Crippen molar-refractivity contribution >= 4 is 27.5 Å². The molecule has 92 valence electrons. The Balaban J connectivity index is 2.24. The van der Waals surface area contributed by atoms with Crippen molar-refractivity contribution in [2.45, 2.75) is 6.42 Å². The summed E-state index contributed by atoms with van der Waals surface area (Å²) in [6.45, 7) is 0. The van der Waals surface area contributed by atoms with Gasteiger partial charge < -0.3 is 5.73 Å². The van der Waals surface area contributed by atoms with Crippen LogP contribution in [0.1, 0.15) is 16.1 Å². The molecule has 0 spiro atoms. The Morgan fingerprint density at radius 3 is 2.94 bits per heavy atom. The third kappa shape index (κ3) is 2.89. The second kappa shape index (κ2) is 5.22. The maximum absolute atomic E-state index is 13.0. The molecule has 2 aromatic rings. The van der Waals surface area contributed by atoms with Crippen molar-refractivity contribution in [3.05, 3.63) is 52.1 Å². The lowest BCUT2D eigenvalue weighted by atomic mass is 10.1. The first-order valence-electron chi connectivity index (χ1n) is 5.12. The van der Waals surface area contributed by atoms with Crippen LogP contribution in [-0.2, 0) is 6.42 Å². The zero-order valence-corrected chi connectivity index (χ0v) is 10.8. The van der Waals surface area contributed by atoms with Crippen LogP contribution in [0.5, 0.6) is 0 Å². The molecule has 0 radical (unpaired) electrons. The number of hydrogen-bond donors (Lipinski definition) is 1. The van der Waals surface area contributed by atoms with E-state index >= 15 is 0 Å². The van der Waals surface area contributed by atoms with Crippen LogP contribution in [-0.4, -0.2) is 15.8 Å². The average molecular weight is 310 g/mol. The lowest BCUT2D eigenvalue weighted by Crippen LogP contribution is -2.11. The summed E-state index contributed by atoms with van der Waals surface area (Å²) in [4.78, 5) is 19.8. The van der Waals surface area contributed by atoms with Crippen LogP contribution in [0.3, 0.4) is 0 Å². The summed E-state index contributed by atoms with van der Waals surface area (Å²) in [5, 5.41) is 0. The third-order valence-electron chi connectivity index (χ3n) is 2.29. The fraction of sp³-hybridized carbons (Fsp3) is 0.0833. The van der Waals surface area contributed by atoms with Crippen molar-refractivity contribution in [1.29, 1.82) is 0 Å². The van der Waals surface area contributed by atoms with Crippen LogP contribution in [0.15, 0.2) is 35.1 Å². The zero-order chi connectivity index (χ0) is 13.1. The van der Waals surface area contributed by atoms with Crippen LogP contribution in [0.2, 0.25) is 0 Å². The smallest absolute Gasteiger partial charge is 0.189 e. The second-order valence-corrected chi connectivity index (χ2v) is 4.47. The molecule has 0 unspecified atom stereocenters. The maximum Gasteiger partial charge on any atom is 0.189 e. The summed E-state index contributed by atoms with van der Waals surface area (Å²) in [6, 6.07) is 5.84. The van der Waals surface area contributed by atoms with E-state index in [1.807, 2.05) is 0 Å². The molecule has 0 aliphatic carbocycles. The van der Waals surface area contributed by atoms with E-state index in [-0.39, 0.29) is 29.5 Å². The number of hydrogen-bond acceptors (Lipinski definition) is 4. The number of halogens is 2. The topological polar surface area (TPSA) is 68.9 Å². The molecule has 1 aromatic carbocycles. The number of nitrogen functional groups attached to an aromatic ring is 1. The number of carbonyl (C=O) groups is 1. The zero-order valence-electron chi connectivity index (χ0n) is 9.23. The molecule has 0 atom stereocenters. The predicted octanol–water partition coefficient (Wildman–Crippen LogP) is 2.39. The van der Waals surface area contributed by atoms with Crippen molar-refractivity contribution in [2.24, 2.45) is 0 Å². The molecule has 1 heterocycles. The summed E-state index contributed by atoms with van der Waals surface area (Å²) in [6.07, 6.45) is 1.45. The van der Waals surface area contributed by atoms with E-state index in [9.17, 15) is 9.18 Å². The van der Waals surface area contributed by atoms with E-state index in [0.29, 0.717) is 10.2 Å². The summed E-state index contributed by atoms with van der Waals surface area (Å²) >= 11 is 3.12. The number of Topliss-reactive ketones (excluding diaryl/α,β-unsaturated/α-hetero) is 1. The van der Waals surface area contributed by atoms with Gasteiger partial charge in [0.05, 0.1) is 6.20 Å². The van der Waals surface area contributed by atoms with Gasteiger partial charge in [-0.1, -0.05) is 12.1 Å². The molecule has 6 heteroatoms. The van der Waals surface area contributed by atoms with Gasteiger partial charge in [0.25, 0.3) is 0 Å². The van der Waals surface area contributed by atoms with Gasteiger partial charge in [-0.15, -0.1) is 0 Å². The Morgan fingerprint density at radius 2 is 2.22 bits per heavy atom. The van der Waals surface area contributed by atoms with E-state index in [4.69, 9.17) is 5.73 Å². The SMILES string of the molecule is Nc1ncc(Br)nc1C(=O)Cc1cccc(F)c1. The molecule has 0 amide bonds.